The summed E-state index contributed by atoms with van der Waals surface area (Å²) in [5, 5.41) is 10.1. The molecule has 0 saturated carbocycles. The predicted molar refractivity (Wildman–Crippen MR) is 73.8 cm³/mol. The lowest BCUT2D eigenvalue weighted by Crippen LogP contribution is -2.15. The molecule has 0 amide bonds. The molecule has 0 aliphatic carbocycles. The second-order valence-corrected chi connectivity index (χ2v) is 5.57. The summed E-state index contributed by atoms with van der Waals surface area (Å²) in [4.78, 5) is 0. The summed E-state index contributed by atoms with van der Waals surface area (Å²) < 4.78 is 5.58. The highest BCUT2D eigenvalue weighted by atomic mass is 16.5. The lowest BCUT2D eigenvalue weighted by Gasteiger charge is -2.14. The zero-order valence-corrected chi connectivity index (χ0v) is 11.5. The monoisotopic (exact) mass is 248 g/mol. The topological polar surface area (TPSA) is 29.5 Å². The number of ether oxygens (including phenoxy) is 1. The smallest absolute Gasteiger partial charge is 0.0581 e. The van der Waals surface area contributed by atoms with E-state index in [0.717, 1.165) is 32.3 Å². The number of hydrogen-bond acceptors (Lipinski definition) is 2. The van der Waals surface area contributed by atoms with Crippen LogP contribution in [0.2, 0.25) is 0 Å². The maximum absolute atomic E-state index is 10.1. The van der Waals surface area contributed by atoms with Gasteiger partial charge in [-0.1, -0.05) is 29.3 Å². The van der Waals surface area contributed by atoms with Crippen LogP contribution in [0, 0.1) is 13.8 Å². The van der Waals surface area contributed by atoms with Crippen molar-refractivity contribution in [3.63, 3.8) is 0 Å². The molecule has 1 aliphatic rings. The van der Waals surface area contributed by atoms with Crippen LogP contribution in [-0.2, 0) is 11.2 Å². The van der Waals surface area contributed by atoms with Crippen LogP contribution in [0.15, 0.2) is 18.2 Å². The third-order valence-electron chi connectivity index (χ3n) is 3.60. The molecule has 2 nitrogen and oxygen atoms in total. The minimum absolute atomic E-state index is 0.240. The third-order valence-corrected chi connectivity index (χ3v) is 3.60. The Morgan fingerprint density at radius 3 is 2.61 bits per heavy atom. The van der Waals surface area contributed by atoms with E-state index in [9.17, 15) is 5.11 Å². The average molecular weight is 248 g/mol. The Morgan fingerprint density at radius 1 is 1.28 bits per heavy atom. The Kier molecular flexibility index (Phi) is 4.79. The zero-order valence-electron chi connectivity index (χ0n) is 11.5. The molecular formula is C16H24O2. The van der Waals surface area contributed by atoms with Crippen LogP contribution in [0.3, 0.4) is 0 Å². The molecule has 0 radical (unpaired) electrons. The molecule has 1 N–H and O–H groups in total. The molecule has 2 heteroatoms. The summed E-state index contributed by atoms with van der Waals surface area (Å²) >= 11 is 0. The average Bonchev–Trinajstić information content (AvgIpc) is 2.77. The quantitative estimate of drug-likeness (QED) is 0.867. The van der Waals surface area contributed by atoms with Crippen LogP contribution in [0.25, 0.3) is 0 Å². The van der Waals surface area contributed by atoms with Gasteiger partial charge in [-0.15, -0.1) is 0 Å². The fourth-order valence-corrected chi connectivity index (χ4v) is 2.81. The van der Waals surface area contributed by atoms with Gasteiger partial charge in [0.1, 0.15) is 0 Å². The maximum Gasteiger partial charge on any atom is 0.0581 e. The number of aryl methyl sites for hydroxylation is 2. The van der Waals surface area contributed by atoms with Gasteiger partial charge >= 0.3 is 0 Å². The van der Waals surface area contributed by atoms with Gasteiger partial charge in [-0.3, -0.25) is 0 Å². The molecule has 2 unspecified atom stereocenters. The molecule has 1 fully saturated rings. The Labute approximate surface area is 110 Å². The molecule has 1 saturated heterocycles. The fourth-order valence-electron chi connectivity index (χ4n) is 2.81. The molecule has 100 valence electrons. The van der Waals surface area contributed by atoms with Crippen molar-refractivity contribution in [3.8, 4) is 0 Å². The van der Waals surface area contributed by atoms with Crippen molar-refractivity contribution in [1.29, 1.82) is 0 Å². The molecule has 1 heterocycles. The molecule has 2 atom stereocenters. The van der Waals surface area contributed by atoms with Crippen molar-refractivity contribution in [1.82, 2.24) is 0 Å². The van der Waals surface area contributed by atoms with E-state index in [2.05, 4.69) is 32.0 Å². The first-order valence-electron chi connectivity index (χ1n) is 7.00. The molecule has 2 rings (SSSR count). The van der Waals surface area contributed by atoms with Crippen molar-refractivity contribution in [2.24, 2.45) is 0 Å². The molecule has 0 bridgehead atoms. The number of hydrogen-bond donors (Lipinski definition) is 1. The maximum atomic E-state index is 10.1. The highest BCUT2D eigenvalue weighted by Gasteiger charge is 2.17. The first-order valence-corrected chi connectivity index (χ1v) is 7.00. The lowest BCUT2D eigenvalue weighted by atomic mass is 9.99. The van der Waals surface area contributed by atoms with E-state index in [1.165, 1.54) is 23.1 Å². The summed E-state index contributed by atoms with van der Waals surface area (Å²) in [6.45, 7) is 5.11. The summed E-state index contributed by atoms with van der Waals surface area (Å²) in [7, 11) is 0. The van der Waals surface area contributed by atoms with E-state index in [0.29, 0.717) is 6.10 Å². The second-order valence-electron chi connectivity index (χ2n) is 5.57. The van der Waals surface area contributed by atoms with E-state index in [-0.39, 0.29) is 6.10 Å². The summed E-state index contributed by atoms with van der Waals surface area (Å²) in [5.41, 5.74) is 3.79. The van der Waals surface area contributed by atoms with Crippen LogP contribution < -0.4 is 0 Å². The normalized spacial score (nSPS) is 21.2. The van der Waals surface area contributed by atoms with Crippen LogP contribution in [-0.4, -0.2) is 23.9 Å². The van der Waals surface area contributed by atoms with Crippen LogP contribution in [0.4, 0.5) is 0 Å². The zero-order chi connectivity index (χ0) is 13.0. The molecular weight excluding hydrogens is 224 g/mol. The number of benzene rings is 1. The van der Waals surface area contributed by atoms with Gasteiger partial charge in [0.25, 0.3) is 0 Å². The largest absolute Gasteiger partial charge is 0.393 e. The van der Waals surface area contributed by atoms with Crippen molar-refractivity contribution in [3.05, 3.63) is 34.9 Å². The molecule has 1 aliphatic heterocycles. The van der Waals surface area contributed by atoms with Crippen LogP contribution in [0.5, 0.6) is 0 Å². The fraction of sp³-hybridized carbons (Fsp3) is 0.625. The van der Waals surface area contributed by atoms with Gasteiger partial charge in [-0.05, 0) is 51.5 Å². The Morgan fingerprint density at radius 2 is 2.00 bits per heavy atom. The van der Waals surface area contributed by atoms with Gasteiger partial charge in [0.05, 0.1) is 12.2 Å². The summed E-state index contributed by atoms with van der Waals surface area (Å²) in [6, 6.07) is 6.51. The van der Waals surface area contributed by atoms with Gasteiger partial charge in [-0.25, -0.2) is 0 Å². The minimum atomic E-state index is -0.240. The van der Waals surface area contributed by atoms with Crippen molar-refractivity contribution in [2.75, 3.05) is 6.61 Å². The van der Waals surface area contributed by atoms with E-state index in [4.69, 9.17) is 4.74 Å². The third kappa shape index (κ3) is 4.11. The second kappa shape index (κ2) is 6.35. The minimum Gasteiger partial charge on any atom is -0.393 e. The highest BCUT2D eigenvalue weighted by Crippen LogP contribution is 2.19. The molecule has 0 spiro atoms. The molecule has 1 aromatic rings. The lowest BCUT2D eigenvalue weighted by molar-refractivity contribution is 0.0813. The van der Waals surface area contributed by atoms with Gasteiger partial charge < -0.3 is 9.84 Å². The summed E-state index contributed by atoms with van der Waals surface area (Å²) in [6.07, 6.45) is 5.08. The molecule has 0 aromatic heterocycles. The Bertz CT molecular complexity index is 360. The van der Waals surface area contributed by atoms with Crippen LogP contribution in [0.1, 0.15) is 42.4 Å². The van der Waals surface area contributed by atoms with Crippen molar-refractivity contribution >= 4 is 0 Å². The van der Waals surface area contributed by atoms with Crippen LogP contribution >= 0.6 is 0 Å². The first-order chi connectivity index (χ1) is 8.63. The number of aliphatic hydroxyl groups excluding tert-OH is 1. The molecule has 18 heavy (non-hydrogen) atoms. The predicted octanol–water partition coefficient (Wildman–Crippen LogP) is 3.17. The van der Waals surface area contributed by atoms with E-state index < -0.39 is 0 Å². The number of rotatable bonds is 5. The first kappa shape index (κ1) is 13.6. The van der Waals surface area contributed by atoms with E-state index in [1.807, 2.05) is 0 Å². The Balaban J connectivity index is 1.80. The van der Waals surface area contributed by atoms with Gasteiger partial charge in [0.15, 0.2) is 0 Å². The van der Waals surface area contributed by atoms with Gasteiger partial charge in [-0.2, -0.15) is 0 Å². The van der Waals surface area contributed by atoms with Crippen molar-refractivity contribution < 1.29 is 9.84 Å². The van der Waals surface area contributed by atoms with Gasteiger partial charge in [0, 0.05) is 6.61 Å². The van der Waals surface area contributed by atoms with Crippen molar-refractivity contribution in [2.45, 2.75) is 58.2 Å². The Hall–Kier alpha value is -0.860. The highest BCUT2D eigenvalue weighted by molar-refractivity contribution is 5.28. The molecule has 1 aromatic carbocycles. The van der Waals surface area contributed by atoms with E-state index >= 15 is 0 Å². The number of aliphatic hydroxyl groups is 1. The SMILES string of the molecule is Cc1cc(C)cc(CC(O)CCC2CCCO2)c1. The standard InChI is InChI=1S/C16H24O2/c1-12-8-13(2)10-14(9-12)11-15(17)5-6-16-4-3-7-18-16/h8-10,15-17H,3-7,11H2,1-2H3. The summed E-state index contributed by atoms with van der Waals surface area (Å²) in [5.74, 6) is 0. The van der Waals surface area contributed by atoms with Gasteiger partial charge in [0.2, 0.25) is 0 Å². The van der Waals surface area contributed by atoms with E-state index in [1.54, 1.807) is 0 Å².